The van der Waals surface area contributed by atoms with Crippen LogP contribution < -0.4 is 5.32 Å². The number of aliphatic imine (C=N–C) groups is 1. The lowest BCUT2D eigenvalue weighted by Gasteiger charge is -2.22. The Balaban J connectivity index is 1.53. The molecule has 0 amide bonds. The molecular weight excluding hydrogens is 388 g/mol. The molecule has 6 heteroatoms. The van der Waals surface area contributed by atoms with Crippen LogP contribution in [-0.4, -0.2) is 75.4 Å². The topological polar surface area (TPSA) is 49.3 Å². The van der Waals surface area contributed by atoms with E-state index < -0.39 is 0 Å². The number of rotatable bonds is 10. The summed E-state index contributed by atoms with van der Waals surface area (Å²) in [4.78, 5) is 9.96. The van der Waals surface area contributed by atoms with E-state index in [2.05, 4.69) is 46.3 Å². The number of nitrogens with one attached hydrogen (secondary N) is 1. The van der Waals surface area contributed by atoms with Crippen LogP contribution in [0.4, 0.5) is 0 Å². The Labute approximate surface area is 189 Å². The Bertz CT molecular complexity index is 659. The maximum Gasteiger partial charge on any atom is 0.194 e. The van der Waals surface area contributed by atoms with E-state index in [1.807, 2.05) is 0 Å². The molecule has 1 N–H and O–H groups in total. The van der Waals surface area contributed by atoms with Crippen LogP contribution in [0, 0.1) is 5.92 Å². The molecule has 2 saturated heterocycles. The summed E-state index contributed by atoms with van der Waals surface area (Å²) in [5.41, 5.74) is 2.70. The van der Waals surface area contributed by atoms with Crippen LogP contribution in [0.3, 0.4) is 0 Å². The Morgan fingerprint density at radius 2 is 1.90 bits per heavy atom. The van der Waals surface area contributed by atoms with Gasteiger partial charge in [-0.25, -0.2) is 4.99 Å². The Morgan fingerprint density at radius 1 is 1.10 bits per heavy atom. The maximum atomic E-state index is 5.74. The first-order valence-electron chi connectivity index (χ1n) is 12.2. The predicted molar refractivity (Wildman–Crippen MR) is 127 cm³/mol. The number of ether oxygens (including phenoxy) is 2. The highest BCUT2D eigenvalue weighted by Crippen LogP contribution is 2.18. The van der Waals surface area contributed by atoms with Gasteiger partial charge in [0.1, 0.15) is 0 Å². The molecule has 0 spiro atoms. The maximum absolute atomic E-state index is 5.74. The standard InChI is InChI=1S/C25H42N4O2/c1-3-26-25(29-14-11-24(20-29)21-31-16-15-30-2)27-18-22-9-8-10-23(17-22)19-28-12-6-4-5-7-13-28/h8-10,17,24H,3-7,11-16,18-21H2,1-2H3,(H,26,27). The van der Waals surface area contributed by atoms with Crippen LogP contribution in [0.1, 0.15) is 50.2 Å². The lowest BCUT2D eigenvalue weighted by atomic mass is 10.1. The minimum atomic E-state index is 0.567. The molecule has 2 fully saturated rings. The summed E-state index contributed by atoms with van der Waals surface area (Å²) >= 11 is 0. The van der Waals surface area contributed by atoms with Crippen molar-refractivity contribution in [3.05, 3.63) is 35.4 Å². The van der Waals surface area contributed by atoms with E-state index >= 15 is 0 Å². The smallest absolute Gasteiger partial charge is 0.194 e. The Kier molecular flexibility index (Phi) is 10.6. The molecule has 2 aliphatic heterocycles. The third kappa shape index (κ3) is 8.43. The fourth-order valence-electron chi connectivity index (χ4n) is 4.52. The van der Waals surface area contributed by atoms with Crippen molar-refractivity contribution in [3.8, 4) is 0 Å². The number of hydrogen-bond acceptors (Lipinski definition) is 4. The molecule has 3 rings (SSSR count). The van der Waals surface area contributed by atoms with Crippen molar-refractivity contribution < 1.29 is 9.47 Å². The summed E-state index contributed by atoms with van der Waals surface area (Å²) in [6.07, 6.45) is 6.60. The van der Waals surface area contributed by atoms with Crippen molar-refractivity contribution >= 4 is 5.96 Å². The van der Waals surface area contributed by atoms with Crippen molar-refractivity contribution in [2.24, 2.45) is 10.9 Å². The lowest BCUT2D eigenvalue weighted by molar-refractivity contribution is 0.0536. The van der Waals surface area contributed by atoms with Crippen LogP contribution in [0.5, 0.6) is 0 Å². The molecule has 2 aliphatic rings. The van der Waals surface area contributed by atoms with Crippen LogP contribution in [0.15, 0.2) is 29.3 Å². The van der Waals surface area contributed by atoms with Gasteiger partial charge in [-0.3, -0.25) is 4.90 Å². The predicted octanol–water partition coefficient (Wildman–Crippen LogP) is 3.51. The molecule has 0 bridgehead atoms. The molecule has 2 heterocycles. The van der Waals surface area contributed by atoms with Gasteiger partial charge in [0.15, 0.2) is 5.96 Å². The average molecular weight is 431 g/mol. The van der Waals surface area contributed by atoms with Crippen LogP contribution >= 0.6 is 0 Å². The van der Waals surface area contributed by atoms with E-state index in [1.54, 1.807) is 7.11 Å². The number of benzene rings is 1. The fourth-order valence-corrected chi connectivity index (χ4v) is 4.52. The molecule has 174 valence electrons. The molecule has 6 nitrogen and oxygen atoms in total. The van der Waals surface area contributed by atoms with Gasteiger partial charge < -0.3 is 19.7 Å². The summed E-state index contributed by atoms with van der Waals surface area (Å²) in [5.74, 6) is 1.59. The molecule has 1 atom stereocenters. The zero-order valence-electron chi connectivity index (χ0n) is 19.7. The number of nitrogens with zero attached hydrogens (tertiary/aromatic N) is 3. The first-order valence-corrected chi connectivity index (χ1v) is 12.2. The lowest BCUT2D eigenvalue weighted by Crippen LogP contribution is -2.40. The van der Waals surface area contributed by atoms with E-state index in [0.29, 0.717) is 19.1 Å². The monoisotopic (exact) mass is 430 g/mol. The molecule has 1 unspecified atom stereocenters. The third-order valence-electron chi connectivity index (χ3n) is 6.21. The highest BCUT2D eigenvalue weighted by molar-refractivity contribution is 5.80. The SMILES string of the molecule is CCNC(=NCc1cccc(CN2CCCCCC2)c1)N1CCC(COCCOC)C1. The quantitative estimate of drug-likeness (QED) is 0.350. The fraction of sp³-hybridized carbons (Fsp3) is 0.720. The second-order valence-electron chi connectivity index (χ2n) is 8.85. The summed E-state index contributed by atoms with van der Waals surface area (Å²) in [6.45, 7) is 11.5. The molecule has 0 radical (unpaired) electrons. The van der Waals surface area contributed by atoms with Crippen molar-refractivity contribution in [1.82, 2.24) is 15.1 Å². The third-order valence-corrected chi connectivity index (χ3v) is 6.21. The van der Waals surface area contributed by atoms with Gasteiger partial charge >= 0.3 is 0 Å². The van der Waals surface area contributed by atoms with Gasteiger partial charge in [-0.05, 0) is 50.4 Å². The van der Waals surface area contributed by atoms with Gasteiger partial charge in [0.05, 0.1) is 26.4 Å². The molecular formula is C25H42N4O2. The minimum Gasteiger partial charge on any atom is -0.382 e. The van der Waals surface area contributed by atoms with Gasteiger partial charge in [0.25, 0.3) is 0 Å². The second kappa shape index (κ2) is 13.7. The summed E-state index contributed by atoms with van der Waals surface area (Å²) in [7, 11) is 1.71. The van der Waals surface area contributed by atoms with Crippen LogP contribution in [0.25, 0.3) is 0 Å². The van der Waals surface area contributed by atoms with E-state index in [-0.39, 0.29) is 0 Å². The molecule has 0 aliphatic carbocycles. The Hall–Kier alpha value is -1.63. The number of hydrogen-bond donors (Lipinski definition) is 1. The van der Waals surface area contributed by atoms with Crippen molar-refractivity contribution in [2.45, 2.75) is 52.1 Å². The van der Waals surface area contributed by atoms with Crippen molar-refractivity contribution in [2.75, 3.05) is 59.7 Å². The average Bonchev–Trinajstić information content (AvgIpc) is 3.10. The van der Waals surface area contributed by atoms with E-state index in [9.17, 15) is 0 Å². The van der Waals surface area contributed by atoms with Gasteiger partial charge in [0, 0.05) is 39.2 Å². The summed E-state index contributed by atoms with van der Waals surface area (Å²) in [5, 5.41) is 3.49. The molecule has 31 heavy (non-hydrogen) atoms. The molecule has 1 aromatic carbocycles. The number of guanidine groups is 1. The largest absolute Gasteiger partial charge is 0.382 e. The van der Waals surface area contributed by atoms with Crippen molar-refractivity contribution in [3.63, 3.8) is 0 Å². The van der Waals surface area contributed by atoms with Crippen LogP contribution in [0.2, 0.25) is 0 Å². The summed E-state index contributed by atoms with van der Waals surface area (Å²) in [6, 6.07) is 9.00. The molecule has 0 saturated carbocycles. The first kappa shape index (κ1) is 24.0. The number of methoxy groups -OCH3 is 1. The van der Waals surface area contributed by atoms with E-state index in [0.717, 1.165) is 51.7 Å². The van der Waals surface area contributed by atoms with Gasteiger partial charge in [0.2, 0.25) is 0 Å². The van der Waals surface area contributed by atoms with Gasteiger partial charge in [-0.2, -0.15) is 0 Å². The van der Waals surface area contributed by atoms with Crippen LogP contribution in [-0.2, 0) is 22.6 Å². The Morgan fingerprint density at radius 3 is 2.68 bits per heavy atom. The zero-order valence-corrected chi connectivity index (χ0v) is 19.7. The second-order valence-corrected chi connectivity index (χ2v) is 8.85. The molecule has 1 aromatic rings. The van der Waals surface area contributed by atoms with Gasteiger partial charge in [-0.15, -0.1) is 0 Å². The van der Waals surface area contributed by atoms with E-state index in [4.69, 9.17) is 14.5 Å². The van der Waals surface area contributed by atoms with Gasteiger partial charge in [-0.1, -0.05) is 37.1 Å². The first-order chi connectivity index (χ1) is 15.3. The van der Waals surface area contributed by atoms with Crippen molar-refractivity contribution in [1.29, 1.82) is 0 Å². The zero-order chi connectivity index (χ0) is 21.7. The minimum absolute atomic E-state index is 0.567. The summed E-state index contributed by atoms with van der Waals surface area (Å²) < 4.78 is 10.8. The number of likely N-dealkylation sites (tertiary alicyclic amines) is 2. The highest BCUT2D eigenvalue weighted by Gasteiger charge is 2.25. The normalized spacial score (nSPS) is 20.8. The van der Waals surface area contributed by atoms with E-state index in [1.165, 1.54) is 49.9 Å². The highest BCUT2D eigenvalue weighted by atomic mass is 16.5. The molecule has 0 aromatic heterocycles.